The first-order valence-corrected chi connectivity index (χ1v) is 11.3. The monoisotopic (exact) mass is 462 g/mol. The lowest BCUT2D eigenvalue weighted by molar-refractivity contribution is -0.120. The first-order valence-electron chi connectivity index (χ1n) is 10.3. The number of para-hydroxylation sites is 1. The zero-order valence-electron chi connectivity index (χ0n) is 18.2. The molecule has 168 valence electrons. The fourth-order valence-electron chi connectivity index (χ4n) is 3.47. The van der Waals surface area contributed by atoms with Gasteiger partial charge in [0.1, 0.15) is 0 Å². The predicted octanol–water partition coefficient (Wildman–Crippen LogP) is 4.44. The van der Waals surface area contributed by atoms with Gasteiger partial charge in [-0.15, -0.1) is 16.8 Å². The van der Waals surface area contributed by atoms with E-state index in [1.807, 2.05) is 24.3 Å². The molecule has 0 aliphatic carbocycles. The number of aromatic nitrogens is 3. The molecule has 0 saturated heterocycles. The highest BCUT2D eigenvalue weighted by molar-refractivity contribution is 7.99. The van der Waals surface area contributed by atoms with Crippen molar-refractivity contribution >= 4 is 29.3 Å². The van der Waals surface area contributed by atoms with Crippen LogP contribution in [0.1, 0.15) is 35.5 Å². The highest BCUT2D eigenvalue weighted by atomic mass is 32.2. The van der Waals surface area contributed by atoms with E-state index in [9.17, 15) is 9.59 Å². The van der Waals surface area contributed by atoms with Gasteiger partial charge in [-0.25, -0.2) is 4.79 Å². The number of anilines is 1. The number of thioether (sulfide) groups is 1. The van der Waals surface area contributed by atoms with Crippen LogP contribution in [0.5, 0.6) is 5.88 Å². The van der Waals surface area contributed by atoms with Gasteiger partial charge in [0.15, 0.2) is 5.69 Å². The van der Waals surface area contributed by atoms with Crippen molar-refractivity contribution in [2.75, 3.05) is 17.8 Å². The lowest BCUT2D eigenvalue weighted by atomic mass is 10.1. The Kier molecular flexibility index (Phi) is 6.69. The third kappa shape index (κ3) is 4.45. The fraction of sp³-hybridized carbons (Fsp3) is 0.208. The van der Waals surface area contributed by atoms with Crippen LogP contribution in [0.3, 0.4) is 0 Å². The SMILES string of the molecule is C=CCSc1nnc2c(n1)O[C@@H](c1ccc(C(=O)OC)cc1)N(C(=O)CC)c1ccccc1-2. The first-order chi connectivity index (χ1) is 16.1. The van der Waals surface area contributed by atoms with Gasteiger partial charge in [-0.3, -0.25) is 9.69 Å². The Bertz CT molecular complexity index is 1200. The van der Waals surface area contributed by atoms with E-state index in [4.69, 9.17) is 9.47 Å². The topological polar surface area (TPSA) is 94.5 Å². The van der Waals surface area contributed by atoms with E-state index in [2.05, 4.69) is 21.8 Å². The molecule has 0 unspecified atom stereocenters. The van der Waals surface area contributed by atoms with Crippen molar-refractivity contribution < 1.29 is 19.1 Å². The van der Waals surface area contributed by atoms with Gasteiger partial charge in [0.25, 0.3) is 0 Å². The number of nitrogens with zero attached hydrogens (tertiary/aromatic N) is 4. The summed E-state index contributed by atoms with van der Waals surface area (Å²) in [5.74, 6) is 0.320. The van der Waals surface area contributed by atoms with Crippen LogP contribution in [0, 0.1) is 0 Å². The third-order valence-corrected chi connectivity index (χ3v) is 5.86. The summed E-state index contributed by atoms with van der Waals surface area (Å²) in [6.07, 6.45) is 1.20. The van der Waals surface area contributed by atoms with Gasteiger partial charge in [-0.05, 0) is 18.2 Å². The van der Waals surface area contributed by atoms with E-state index in [-0.39, 0.29) is 18.2 Å². The van der Waals surface area contributed by atoms with Crippen LogP contribution in [0.2, 0.25) is 0 Å². The van der Waals surface area contributed by atoms with Gasteiger partial charge < -0.3 is 9.47 Å². The summed E-state index contributed by atoms with van der Waals surface area (Å²) in [6.45, 7) is 5.51. The predicted molar refractivity (Wildman–Crippen MR) is 125 cm³/mol. The second-order valence-electron chi connectivity index (χ2n) is 7.07. The van der Waals surface area contributed by atoms with Crippen molar-refractivity contribution in [3.63, 3.8) is 0 Å². The number of fused-ring (bicyclic) bond motifs is 3. The van der Waals surface area contributed by atoms with E-state index in [1.54, 1.807) is 42.2 Å². The molecule has 9 heteroatoms. The Balaban J connectivity index is 1.87. The van der Waals surface area contributed by atoms with Crippen LogP contribution >= 0.6 is 11.8 Å². The molecule has 0 bridgehead atoms. The lowest BCUT2D eigenvalue weighted by Gasteiger charge is -2.30. The standard InChI is InChI=1S/C24H22N4O4S/c1-4-14-33-24-25-21-20(26-27-24)17-8-6-7-9-18(17)28(19(29)5-2)22(32-21)15-10-12-16(13-11-15)23(30)31-3/h4,6-13,22H,1,5,14H2,2-3H3/t22-/m0/s1. The van der Waals surface area contributed by atoms with Crippen molar-refractivity contribution in [1.29, 1.82) is 0 Å². The summed E-state index contributed by atoms with van der Waals surface area (Å²) in [5.41, 5.74) is 2.87. The second kappa shape index (κ2) is 9.83. The van der Waals surface area contributed by atoms with Gasteiger partial charge in [-0.2, -0.15) is 4.98 Å². The summed E-state index contributed by atoms with van der Waals surface area (Å²) in [7, 11) is 1.33. The van der Waals surface area contributed by atoms with Crippen molar-refractivity contribution in [2.24, 2.45) is 0 Å². The summed E-state index contributed by atoms with van der Waals surface area (Å²) in [6, 6.07) is 14.2. The minimum atomic E-state index is -0.819. The number of esters is 1. The molecule has 0 spiro atoms. The number of carbonyl (C=O) groups excluding carboxylic acids is 2. The Morgan fingerprint density at radius 1 is 1.18 bits per heavy atom. The largest absolute Gasteiger partial charge is 0.465 e. The molecule has 1 aliphatic rings. The normalized spacial score (nSPS) is 14.4. The molecule has 1 amide bonds. The van der Waals surface area contributed by atoms with E-state index in [0.29, 0.717) is 39.0 Å². The van der Waals surface area contributed by atoms with Gasteiger partial charge in [0.05, 0.1) is 18.4 Å². The van der Waals surface area contributed by atoms with Crippen LogP contribution in [0.4, 0.5) is 5.69 Å². The maximum atomic E-state index is 13.1. The van der Waals surface area contributed by atoms with Crippen LogP contribution in [-0.4, -0.2) is 39.9 Å². The summed E-state index contributed by atoms with van der Waals surface area (Å²) >= 11 is 1.38. The van der Waals surface area contributed by atoms with Crippen molar-refractivity contribution in [2.45, 2.75) is 24.7 Å². The van der Waals surface area contributed by atoms with Crippen molar-refractivity contribution in [1.82, 2.24) is 15.2 Å². The molecule has 1 aliphatic heterocycles. The zero-order valence-corrected chi connectivity index (χ0v) is 19.0. The van der Waals surface area contributed by atoms with Crippen LogP contribution < -0.4 is 9.64 Å². The van der Waals surface area contributed by atoms with E-state index in [1.165, 1.54) is 18.9 Å². The Morgan fingerprint density at radius 3 is 2.64 bits per heavy atom. The lowest BCUT2D eigenvalue weighted by Crippen LogP contribution is -2.37. The van der Waals surface area contributed by atoms with Crippen molar-refractivity contribution in [3.8, 4) is 17.1 Å². The highest BCUT2D eigenvalue weighted by Gasteiger charge is 2.35. The van der Waals surface area contributed by atoms with Crippen LogP contribution in [0.25, 0.3) is 11.3 Å². The molecule has 1 atom stereocenters. The number of hydrogen-bond donors (Lipinski definition) is 0. The number of amides is 1. The molecule has 1 aromatic heterocycles. The van der Waals surface area contributed by atoms with Crippen LogP contribution in [0.15, 0.2) is 66.3 Å². The number of ether oxygens (including phenoxy) is 2. The molecule has 4 rings (SSSR count). The maximum absolute atomic E-state index is 13.1. The van der Waals surface area contributed by atoms with Gasteiger partial charge in [-0.1, -0.05) is 55.1 Å². The third-order valence-electron chi connectivity index (χ3n) is 5.03. The molecule has 0 radical (unpaired) electrons. The smallest absolute Gasteiger partial charge is 0.337 e. The highest BCUT2D eigenvalue weighted by Crippen LogP contribution is 2.43. The Labute approximate surface area is 195 Å². The van der Waals surface area contributed by atoms with E-state index in [0.717, 1.165) is 0 Å². The second-order valence-corrected chi connectivity index (χ2v) is 8.05. The molecule has 2 heterocycles. The van der Waals surface area contributed by atoms with E-state index >= 15 is 0 Å². The number of carbonyl (C=O) groups is 2. The molecular formula is C24H22N4O4S. The van der Waals surface area contributed by atoms with Gasteiger partial charge in [0.2, 0.25) is 23.2 Å². The summed E-state index contributed by atoms with van der Waals surface area (Å²) in [4.78, 5) is 31.2. The van der Waals surface area contributed by atoms with E-state index < -0.39 is 12.2 Å². The molecular weight excluding hydrogens is 440 g/mol. The van der Waals surface area contributed by atoms with Gasteiger partial charge >= 0.3 is 5.97 Å². The molecule has 3 aromatic rings. The molecule has 2 aromatic carbocycles. The number of benzene rings is 2. The Hall–Kier alpha value is -3.72. The maximum Gasteiger partial charge on any atom is 0.337 e. The molecule has 8 nitrogen and oxygen atoms in total. The summed E-state index contributed by atoms with van der Waals surface area (Å²) < 4.78 is 11.1. The molecule has 0 saturated carbocycles. The van der Waals surface area contributed by atoms with Gasteiger partial charge in [0, 0.05) is 23.3 Å². The molecule has 33 heavy (non-hydrogen) atoms. The number of hydrogen-bond acceptors (Lipinski definition) is 8. The zero-order chi connectivity index (χ0) is 23.4. The fourth-order valence-corrected chi connectivity index (χ4v) is 3.98. The molecule has 0 N–H and O–H groups in total. The average Bonchev–Trinajstić information content (AvgIpc) is 3.01. The van der Waals surface area contributed by atoms with Crippen LogP contribution in [-0.2, 0) is 9.53 Å². The average molecular weight is 463 g/mol. The van der Waals surface area contributed by atoms with Crippen molar-refractivity contribution in [3.05, 3.63) is 72.3 Å². The minimum absolute atomic E-state index is 0.133. The number of methoxy groups -OCH3 is 1. The Morgan fingerprint density at radius 2 is 1.94 bits per heavy atom. The minimum Gasteiger partial charge on any atom is -0.465 e. The quantitative estimate of drug-likeness (QED) is 0.302. The molecule has 0 fully saturated rings. The number of rotatable bonds is 6. The summed E-state index contributed by atoms with van der Waals surface area (Å²) in [5, 5.41) is 9.04. The first kappa shape index (κ1) is 22.5.